The van der Waals surface area contributed by atoms with Crippen molar-refractivity contribution in [2.75, 3.05) is 0 Å². The van der Waals surface area contributed by atoms with Crippen LogP contribution < -0.4 is 0 Å². The summed E-state index contributed by atoms with van der Waals surface area (Å²) in [4.78, 5) is 9.51. The molecule has 1 aromatic carbocycles. The summed E-state index contributed by atoms with van der Waals surface area (Å²) in [7, 11) is 0. The van der Waals surface area contributed by atoms with Crippen LogP contribution >= 0.6 is 11.6 Å². The van der Waals surface area contributed by atoms with Crippen molar-refractivity contribution in [2.24, 2.45) is 0 Å². The van der Waals surface area contributed by atoms with Crippen LogP contribution in [-0.4, -0.2) is 14.5 Å². The number of aromatic nitrogens is 3. The average molecular weight is 342 g/mol. The van der Waals surface area contributed by atoms with E-state index >= 15 is 0 Å². The van der Waals surface area contributed by atoms with E-state index < -0.39 is 0 Å². The second kappa shape index (κ2) is 6.21. The van der Waals surface area contributed by atoms with Gasteiger partial charge in [-0.15, -0.1) is 0 Å². The van der Waals surface area contributed by atoms with Crippen molar-refractivity contribution in [3.8, 4) is 5.69 Å². The molecule has 0 aliphatic heterocycles. The van der Waals surface area contributed by atoms with Gasteiger partial charge in [-0.1, -0.05) is 24.9 Å². The highest BCUT2D eigenvalue weighted by Crippen LogP contribution is 2.33. The van der Waals surface area contributed by atoms with Gasteiger partial charge >= 0.3 is 0 Å². The molecule has 3 rings (SSSR count). The minimum absolute atomic E-state index is 0.775. The highest BCUT2D eigenvalue weighted by atomic mass is 35.5. The van der Waals surface area contributed by atoms with E-state index in [-0.39, 0.29) is 0 Å². The van der Waals surface area contributed by atoms with Crippen LogP contribution in [0.5, 0.6) is 0 Å². The van der Waals surface area contributed by atoms with Gasteiger partial charge in [0.2, 0.25) is 0 Å². The number of hydrogen-bond donors (Lipinski definition) is 0. The summed E-state index contributed by atoms with van der Waals surface area (Å²) in [6.45, 7) is 12.7. The molecule has 0 amide bonds. The van der Waals surface area contributed by atoms with Crippen LogP contribution in [0.2, 0.25) is 5.02 Å². The van der Waals surface area contributed by atoms with Gasteiger partial charge in [0, 0.05) is 16.1 Å². The summed E-state index contributed by atoms with van der Waals surface area (Å²) < 4.78 is 2.28. The van der Waals surface area contributed by atoms with Gasteiger partial charge < -0.3 is 0 Å². The molecule has 3 nitrogen and oxygen atoms in total. The number of aryl methyl sites for hydroxylation is 5. The van der Waals surface area contributed by atoms with Crippen molar-refractivity contribution < 1.29 is 0 Å². The van der Waals surface area contributed by atoms with Crippen LogP contribution in [0.4, 0.5) is 0 Å². The highest BCUT2D eigenvalue weighted by molar-refractivity contribution is 6.30. The molecule has 4 heteroatoms. The topological polar surface area (TPSA) is 30.7 Å². The van der Waals surface area contributed by atoms with Crippen LogP contribution in [0.3, 0.4) is 0 Å². The van der Waals surface area contributed by atoms with Gasteiger partial charge in [-0.25, -0.2) is 9.97 Å². The fraction of sp³-hybridized carbons (Fsp3) is 0.400. The molecular formula is C20H24ClN3. The van der Waals surface area contributed by atoms with Gasteiger partial charge in [0.15, 0.2) is 0 Å². The predicted molar refractivity (Wildman–Crippen MR) is 102 cm³/mol. The van der Waals surface area contributed by atoms with Gasteiger partial charge in [-0.2, -0.15) is 0 Å². The van der Waals surface area contributed by atoms with Crippen LogP contribution in [0, 0.1) is 34.6 Å². The lowest BCUT2D eigenvalue weighted by molar-refractivity contribution is 0.869. The van der Waals surface area contributed by atoms with Crippen LogP contribution in [0.15, 0.2) is 12.1 Å². The molecule has 2 aromatic heterocycles. The third-order valence-electron chi connectivity index (χ3n) is 4.71. The van der Waals surface area contributed by atoms with Crippen LogP contribution in [0.25, 0.3) is 16.7 Å². The Labute approximate surface area is 148 Å². The van der Waals surface area contributed by atoms with E-state index in [0.29, 0.717) is 0 Å². The van der Waals surface area contributed by atoms with Crippen molar-refractivity contribution in [3.05, 3.63) is 51.1 Å². The predicted octanol–water partition coefficient (Wildman–Crippen LogP) is 5.57. The van der Waals surface area contributed by atoms with Gasteiger partial charge in [0.25, 0.3) is 0 Å². The summed E-state index contributed by atoms with van der Waals surface area (Å²) in [5.74, 6) is 0.828. The van der Waals surface area contributed by atoms with E-state index in [1.165, 1.54) is 22.3 Å². The second-order valence-corrected chi connectivity index (χ2v) is 7.04. The average Bonchev–Trinajstić information content (AvgIpc) is 2.71. The first-order valence-electron chi connectivity index (χ1n) is 8.47. The highest BCUT2D eigenvalue weighted by Gasteiger charge is 2.20. The molecule has 0 saturated carbocycles. The minimum Gasteiger partial charge on any atom is -0.298 e. The Balaban J connectivity index is 2.44. The van der Waals surface area contributed by atoms with E-state index in [9.17, 15) is 0 Å². The summed E-state index contributed by atoms with van der Waals surface area (Å²) in [5, 5.41) is 1.98. The van der Waals surface area contributed by atoms with Crippen molar-refractivity contribution in [1.29, 1.82) is 0 Å². The second-order valence-electron chi connectivity index (χ2n) is 6.60. The molecule has 0 N–H and O–H groups in total. The van der Waals surface area contributed by atoms with Crippen molar-refractivity contribution in [3.63, 3.8) is 0 Å². The monoisotopic (exact) mass is 341 g/mol. The Bertz CT molecular complexity index is 915. The van der Waals surface area contributed by atoms with E-state index in [1.54, 1.807) is 0 Å². The first kappa shape index (κ1) is 17.0. The molecule has 126 valence electrons. The normalized spacial score (nSPS) is 11.5. The molecule has 0 fully saturated rings. The van der Waals surface area contributed by atoms with Gasteiger partial charge in [-0.05, 0) is 69.9 Å². The summed E-state index contributed by atoms with van der Waals surface area (Å²) in [6.07, 6.45) is 2.05. The fourth-order valence-corrected chi connectivity index (χ4v) is 3.94. The molecule has 0 bridgehead atoms. The molecule has 0 atom stereocenters. The summed E-state index contributed by atoms with van der Waals surface area (Å²) in [5.41, 5.74) is 8.15. The number of benzene rings is 1. The molecule has 0 saturated heterocycles. The molecule has 24 heavy (non-hydrogen) atoms. The lowest BCUT2D eigenvalue weighted by Crippen LogP contribution is -2.05. The molecule has 2 heterocycles. The zero-order valence-electron chi connectivity index (χ0n) is 15.3. The molecule has 0 aliphatic rings. The number of hydrogen-bond acceptors (Lipinski definition) is 2. The van der Waals surface area contributed by atoms with E-state index in [0.717, 1.165) is 46.2 Å². The quantitative estimate of drug-likeness (QED) is 0.623. The van der Waals surface area contributed by atoms with Gasteiger partial charge in [0.1, 0.15) is 11.5 Å². The molecule has 0 aliphatic carbocycles. The molecule has 0 radical (unpaired) electrons. The van der Waals surface area contributed by atoms with Crippen molar-refractivity contribution in [1.82, 2.24) is 14.5 Å². The summed E-state index contributed by atoms with van der Waals surface area (Å²) >= 11 is 6.23. The molecule has 0 unspecified atom stereocenters. The number of halogens is 1. The van der Waals surface area contributed by atoms with Crippen molar-refractivity contribution >= 4 is 22.6 Å². The first-order valence-corrected chi connectivity index (χ1v) is 8.85. The third kappa shape index (κ3) is 2.61. The zero-order chi connectivity index (χ0) is 17.6. The first-order chi connectivity index (χ1) is 11.3. The summed E-state index contributed by atoms with van der Waals surface area (Å²) in [6, 6.07) is 4.04. The standard InChI is InChI=1S/C20H24ClN3/c1-7-8-17-18-13(4)14(5)24(20(18)23-15(6)22-17)19-11(2)9-16(21)10-12(19)3/h9-10H,7-8H2,1-6H3. The minimum atomic E-state index is 0.775. The lowest BCUT2D eigenvalue weighted by Gasteiger charge is -2.15. The maximum absolute atomic E-state index is 6.23. The number of nitrogens with zero attached hydrogens (tertiary/aromatic N) is 3. The zero-order valence-corrected chi connectivity index (χ0v) is 16.0. The largest absolute Gasteiger partial charge is 0.298 e. The lowest BCUT2D eigenvalue weighted by atomic mass is 10.1. The number of fused-ring (bicyclic) bond motifs is 1. The van der Waals surface area contributed by atoms with Crippen molar-refractivity contribution in [2.45, 2.75) is 54.4 Å². The van der Waals surface area contributed by atoms with E-state index in [1.807, 2.05) is 19.1 Å². The van der Waals surface area contributed by atoms with Crippen LogP contribution in [-0.2, 0) is 6.42 Å². The number of rotatable bonds is 3. The van der Waals surface area contributed by atoms with Gasteiger partial charge in [0.05, 0.1) is 11.4 Å². The molecule has 3 aromatic rings. The van der Waals surface area contributed by atoms with E-state index in [4.69, 9.17) is 21.6 Å². The maximum Gasteiger partial charge on any atom is 0.148 e. The van der Waals surface area contributed by atoms with Gasteiger partial charge in [-0.3, -0.25) is 4.57 Å². The Morgan fingerprint density at radius 1 is 1.00 bits per heavy atom. The third-order valence-corrected chi connectivity index (χ3v) is 4.93. The van der Waals surface area contributed by atoms with E-state index in [2.05, 4.69) is 39.2 Å². The molecule has 0 spiro atoms. The fourth-order valence-electron chi connectivity index (χ4n) is 3.61. The Morgan fingerprint density at radius 3 is 2.21 bits per heavy atom. The Hall–Kier alpha value is -1.87. The SMILES string of the molecule is CCCc1nc(C)nc2c1c(C)c(C)n2-c1c(C)cc(Cl)cc1C. The maximum atomic E-state index is 6.23. The Kier molecular flexibility index (Phi) is 4.39. The Morgan fingerprint density at radius 2 is 1.62 bits per heavy atom. The molecular weight excluding hydrogens is 318 g/mol. The smallest absolute Gasteiger partial charge is 0.148 e. The van der Waals surface area contributed by atoms with Crippen LogP contribution in [0.1, 0.15) is 47.2 Å².